The van der Waals surface area contributed by atoms with Crippen LogP contribution in [0.4, 0.5) is 4.79 Å². The van der Waals surface area contributed by atoms with Crippen LogP contribution in [-0.4, -0.2) is 42.4 Å². The first-order valence-electron chi connectivity index (χ1n) is 5.02. The van der Waals surface area contributed by atoms with Crippen molar-refractivity contribution in [3.8, 4) is 0 Å². The molecule has 0 radical (unpaired) electrons. The number of rotatable bonds is 3. The quantitative estimate of drug-likeness (QED) is 0.652. The van der Waals surface area contributed by atoms with E-state index in [1.165, 1.54) is 0 Å². The van der Waals surface area contributed by atoms with Gasteiger partial charge in [-0.05, 0) is 27.7 Å². The van der Waals surface area contributed by atoms with E-state index in [-0.39, 0.29) is 12.2 Å². The van der Waals surface area contributed by atoms with Gasteiger partial charge in [-0.15, -0.1) is 0 Å². The highest BCUT2D eigenvalue weighted by Crippen LogP contribution is 2.14. The lowest BCUT2D eigenvalue weighted by Gasteiger charge is -2.26. The number of carbonyl (C=O) groups is 1. The van der Waals surface area contributed by atoms with Gasteiger partial charge >= 0.3 is 6.09 Å². The number of nitrogens with zero attached hydrogens (tertiary/aromatic N) is 1. The first kappa shape index (κ1) is 11.3. The highest BCUT2D eigenvalue weighted by atomic mass is 16.6. The number of epoxide rings is 1. The van der Waals surface area contributed by atoms with E-state index in [1.54, 1.807) is 4.90 Å². The van der Waals surface area contributed by atoms with Crippen molar-refractivity contribution >= 4 is 6.09 Å². The smallest absolute Gasteiger partial charge is 0.410 e. The lowest BCUT2D eigenvalue weighted by Crippen LogP contribution is -2.38. The number of hydrogen-bond donors (Lipinski definition) is 0. The summed E-state index contributed by atoms with van der Waals surface area (Å²) in [5.74, 6) is 0. The molecule has 1 heterocycles. The lowest BCUT2D eigenvalue weighted by molar-refractivity contribution is 0.0248. The van der Waals surface area contributed by atoms with Crippen LogP contribution in [0.15, 0.2) is 0 Å². The maximum Gasteiger partial charge on any atom is 0.410 e. The zero-order valence-electron chi connectivity index (χ0n) is 9.37. The molecule has 1 saturated heterocycles. The molecule has 1 amide bonds. The summed E-state index contributed by atoms with van der Waals surface area (Å²) in [4.78, 5) is 13.3. The molecule has 1 aliphatic rings. The second-order valence-corrected chi connectivity index (χ2v) is 4.47. The minimum atomic E-state index is -0.422. The van der Waals surface area contributed by atoms with E-state index in [1.807, 2.05) is 27.7 Å². The van der Waals surface area contributed by atoms with E-state index in [0.29, 0.717) is 13.1 Å². The molecule has 0 aromatic heterocycles. The summed E-state index contributed by atoms with van der Waals surface area (Å²) < 4.78 is 10.3. The van der Waals surface area contributed by atoms with Crippen LogP contribution in [0.1, 0.15) is 27.7 Å². The molecule has 1 unspecified atom stereocenters. The van der Waals surface area contributed by atoms with Gasteiger partial charge in [0.25, 0.3) is 0 Å². The fraction of sp³-hybridized carbons (Fsp3) is 0.900. The maximum atomic E-state index is 11.6. The van der Waals surface area contributed by atoms with Crippen LogP contribution in [0.2, 0.25) is 0 Å². The Morgan fingerprint density at radius 3 is 2.50 bits per heavy atom. The van der Waals surface area contributed by atoms with E-state index >= 15 is 0 Å². The van der Waals surface area contributed by atoms with E-state index in [0.717, 1.165) is 6.61 Å². The van der Waals surface area contributed by atoms with Crippen molar-refractivity contribution in [2.45, 2.75) is 39.4 Å². The van der Waals surface area contributed by atoms with Gasteiger partial charge in [0.15, 0.2) is 0 Å². The van der Waals surface area contributed by atoms with Crippen molar-refractivity contribution < 1.29 is 14.3 Å². The number of amides is 1. The van der Waals surface area contributed by atoms with Gasteiger partial charge in [-0.3, -0.25) is 0 Å². The Morgan fingerprint density at radius 1 is 1.57 bits per heavy atom. The van der Waals surface area contributed by atoms with Crippen LogP contribution < -0.4 is 0 Å². The van der Waals surface area contributed by atoms with Crippen molar-refractivity contribution in [3.05, 3.63) is 0 Å². The van der Waals surface area contributed by atoms with Crippen LogP contribution >= 0.6 is 0 Å². The fourth-order valence-electron chi connectivity index (χ4n) is 1.08. The molecule has 1 aliphatic heterocycles. The summed E-state index contributed by atoms with van der Waals surface area (Å²) >= 11 is 0. The van der Waals surface area contributed by atoms with Crippen LogP contribution in [0.3, 0.4) is 0 Å². The van der Waals surface area contributed by atoms with Gasteiger partial charge < -0.3 is 14.4 Å². The average Bonchev–Trinajstić information content (AvgIpc) is 2.79. The van der Waals surface area contributed by atoms with E-state index < -0.39 is 5.60 Å². The van der Waals surface area contributed by atoms with Gasteiger partial charge in [0.05, 0.1) is 19.3 Å². The van der Waals surface area contributed by atoms with Gasteiger partial charge in [-0.1, -0.05) is 0 Å². The zero-order chi connectivity index (χ0) is 10.8. The van der Waals surface area contributed by atoms with Crippen molar-refractivity contribution in [1.29, 1.82) is 0 Å². The number of carbonyl (C=O) groups excluding carboxylic acids is 1. The average molecular weight is 201 g/mol. The minimum Gasteiger partial charge on any atom is -0.444 e. The number of ether oxygens (including phenoxy) is 2. The van der Waals surface area contributed by atoms with Crippen LogP contribution in [0.25, 0.3) is 0 Å². The number of hydrogen-bond acceptors (Lipinski definition) is 3. The molecule has 14 heavy (non-hydrogen) atoms. The molecule has 0 aliphatic carbocycles. The third-order valence-corrected chi connectivity index (χ3v) is 1.86. The van der Waals surface area contributed by atoms with Gasteiger partial charge in [-0.2, -0.15) is 0 Å². The molecule has 4 nitrogen and oxygen atoms in total. The predicted molar refractivity (Wildman–Crippen MR) is 53.2 cm³/mol. The predicted octanol–water partition coefficient (Wildman–Crippen LogP) is 1.64. The van der Waals surface area contributed by atoms with Crippen LogP contribution in [0, 0.1) is 0 Å². The standard InChI is InChI=1S/C10H19NO3/c1-5-11(6-8-7-13-8)9(12)14-10(2,3)4/h8H,5-7H2,1-4H3. The van der Waals surface area contributed by atoms with E-state index in [2.05, 4.69) is 0 Å². The molecule has 0 N–H and O–H groups in total. The van der Waals surface area contributed by atoms with Crippen molar-refractivity contribution in [2.24, 2.45) is 0 Å². The molecular weight excluding hydrogens is 182 g/mol. The Kier molecular flexibility index (Phi) is 3.37. The molecule has 0 bridgehead atoms. The SMILES string of the molecule is CCN(CC1CO1)C(=O)OC(C)(C)C. The summed E-state index contributed by atoms with van der Waals surface area (Å²) in [7, 11) is 0. The zero-order valence-corrected chi connectivity index (χ0v) is 9.37. The minimum absolute atomic E-state index is 0.225. The molecule has 0 aromatic rings. The Labute approximate surface area is 85.2 Å². The van der Waals surface area contributed by atoms with Crippen molar-refractivity contribution in [2.75, 3.05) is 19.7 Å². The van der Waals surface area contributed by atoms with Crippen LogP contribution in [-0.2, 0) is 9.47 Å². The maximum absolute atomic E-state index is 11.6. The van der Waals surface area contributed by atoms with Crippen LogP contribution in [0.5, 0.6) is 0 Å². The highest BCUT2D eigenvalue weighted by Gasteiger charge is 2.29. The topological polar surface area (TPSA) is 42.1 Å². The molecule has 1 rings (SSSR count). The Hall–Kier alpha value is -0.770. The largest absolute Gasteiger partial charge is 0.444 e. The molecule has 1 fully saturated rings. The molecular formula is C10H19NO3. The van der Waals surface area contributed by atoms with E-state index in [4.69, 9.17) is 9.47 Å². The summed E-state index contributed by atoms with van der Waals surface area (Å²) in [6.45, 7) is 9.61. The Bertz CT molecular complexity index is 206. The molecule has 4 heteroatoms. The molecule has 0 saturated carbocycles. The summed E-state index contributed by atoms with van der Waals surface area (Å²) in [5, 5.41) is 0. The fourth-order valence-corrected chi connectivity index (χ4v) is 1.08. The normalized spacial score (nSPS) is 20.4. The van der Waals surface area contributed by atoms with Crippen molar-refractivity contribution in [1.82, 2.24) is 4.90 Å². The van der Waals surface area contributed by atoms with Gasteiger partial charge in [-0.25, -0.2) is 4.79 Å². The van der Waals surface area contributed by atoms with Gasteiger partial charge in [0, 0.05) is 6.54 Å². The van der Waals surface area contributed by atoms with E-state index in [9.17, 15) is 4.79 Å². The molecule has 82 valence electrons. The van der Waals surface area contributed by atoms with Gasteiger partial charge in [0.2, 0.25) is 0 Å². The molecule has 0 spiro atoms. The second kappa shape index (κ2) is 4.17. The first-order chi connectivity index (χ1) is 6.42. The number of likely N-dealkylation sites (N-methyl/N-ethyl adjacent to an activating group) is 1. The molecule has 0 aromatic carbocycles. The second-order valence-electron chi connectivity index (χ2n) is 4.47. The highest BCUT2D eigenvalue weighted by molar-refractivity contribution is 5.68. The third kappa shape index (κ3) is 3.96. The van der Waals surface area contributed by atoms with Crippen molar-refractivity contribution in [3.63, 3.8) is 0 Å². The summed E-state index contributed by atoms with van der Waals surface area (Å²) in [6, 6.07) is 0. The molecule has 1 atom stereocenters. The monoisotopic (exact) mass is 201 g/mol. The summed E-state index contributed by atoms with van der Waals surface area (Å²) in [6.07, 6.45) is -0.0297. The third-order valence-electron chi connectivity index (χ3n) is 1.86. The Balaban J connectivity index is 2.38. The van der Waals surface area contributed by atoms with Gasteiger partial charge in [0.1, 0.15) is 5.60 Å². The first-order valence-corrected chi connectivity index (χ1v) is 5.02. The summed E-state index contributed by atoms with van der Waals surface area (Å²) in [5.41, 5.74) is -0.422. The Morgan fingerprint density at radius 2 is 2.14 bits per heavy atom. The lowest BCUT2D eigenvalue weighted by atomic mass is 10.2.